The van der Waals surface area contributed by atoms with Gasteiger partial charge in [-0.2, -0.15) is 0 Å². The molecule has 2 amide bonds. The van der Waals surface area contributed by atoms with Crippen molar-refractivity contribution in [3.63, 3.8) is 0 Å². The molecule has 1 saturated heterocycles. The molecule has 136 valence electrons. The summed E-state index contributed by atoms with van der Waals surface area (Å²) in [5.41, 5.74) is 1.57. The summed E-state index contributed by atoms with van der Waals surface area (Å²) in [7, 11) is 0. The van der Waals surface area contributed by atoms with E-state index in [1.165, 1.54) is 5.56 Å². The van der Waals surface area contributed by atoms with Crippen molar-refractivity contribution in [2.45, 2.75) is 44.7 Å². The first-order chi connectivity index (χ1) is 12.6. The maximum atomic E-state index is 12.8. The van der Waals surface area contributed by atoms with Gasteiger partial charge in [0.15, 0.2) is 0 Å². The zero-order valence-corrected chi connectivity index (χ0v) is 15.3. The topological polar surface area (TPSA) is 49.4 Å². The molecule has 4 nitrogen and oxygen atoms in total. The summed E-state index contributed by atoms with van der Waals surface area (Å²) < 4.78 is 0. The van der Waals surface area contributed by atoms with E-state index in [1.54, 1.807) is 4.90 Å². The van der Waals surface area contributed by atoms with E-state index in [0.717, 1.165) is 18.4 Å². The second-order valence-corrected chi connectivity index (χ2v) is 7.08. The molecular formula is C22H26N2O2. The van der Waals surface area contributed by atoms with Crippen LogP contribution in [0.15, 0.2) is 60.7 Å². The molecule has 1 aliphatic heterocycles. The average molecular weight is 350 g/mol. The van der Waals surface area contributed by atoms with Crippen LogP contribution in [0.4, 0.5) is 0 Å². The first-order valence-electron chi connectivity index (χ1n) is 9.26. The molecule has 0 radical (unpaired) electrons. The first kappa shape index (κ1) is 18.2. The fourth-order valence-electron chi connectivity index (χ4n) is 3.56. The van der Waals surface area contributed by atoms with Crippen LogP contribution >= 0.6 is 0 Å². The highest BCUT2D eigenvalue weighted by molar-refractivity contribution is 5.94. The molecule has 26 heavy (non-hydrogen) atoms. The monoisotopic (exact) mass is 350 g/mol. The van der Waals surface area contributed by atoms with E-state index in [2.05, 4.69) is 17.4 Å². The number of likely N-dealkylation sites (tertiary alicyclic amines) is 1. The van der Waals surface area contributed by atoms with E-state index in [-0.39, 0.29) is 11.8 Å². The third kappa shape index (κ3) is 4.13. The molecule has 1 fully saturated rings. The molecule has 1 unspecified atom stereocenters. The van der Waals surface area contributed by atoms with Crippen molar-refractivity contribution in [3.05, 3.63) is 71.8 Å². The minimum Gasteiger partial charge on any atom is -0.350 e. The highest BCUT2D eigenvalue weighted by atomic mass is 16.2. The first-order valence-corrected chi connectivity index (χ1v) is 9.26. The van der Waals surface area contributed by atoms with Gasteiger partial charge in [0.05, 0.1) is 0 Å². The molecule has 4 heteroatoms. The highest BCUT2D eigenvalue weighted by Crippen LogP contribution is 2.30. The summed E-state index contributed by atoms with van der Waals surface area (Å²) in [6, 6.07) is 20.1. The van der Waals surface area contributed by atoms with Crippen molar-refractivity contribution in [2.24, 2.45) is 0 Å². The van der Waals surface area contributed by atoms with Gasteiger partial charge >= 0.3 is 0 Å². The van der Waals surface area contributed by atoms with Gasteiger partial charge in [-0.05, 0) is 37.3 Å². The van der Waals surface area contributed by atoms with Gasteiger partial charge in [0.2, 0.25) is 11.8 Å². The van der Waals surface area contributed by atoms with Gasteiger partial charge in [0, 0.05) is 19.5 Å². The number of hydrogen-bond donors (Lipinski definition) is 1. The standard InChI is InChI=1S/C22H26N2O2/c1-22(21(26)23-17-19-11-6-3-7-12-19)15-14-20(25)24(22)16-8-13-18-9-4-2-5-10-18/h2-7,9-12H,8,13-17H2,1H3,(H,23,26). The molecule has 1 N–H and O–H groups in total. The number of benzene rings is 2. The Balaban J connectivity index is 1.58. The number of amides is 2. The summed E-state index contributed by atoms with van der Waals surface area (Å²) in [6.45, 7) is 2.99. The molecule has 2 aromatic carbocycles. The summed E-state index contributed by atoms with van der Waals surface area (Å²) >= 11 is 0. The predicted molar refractivity (Wildman–Crippen MR) is 102 cm³/mol. The van der Waals surface area contributed by atoms with Crippen LogP contribution in [0, 0.1) is 0 Å². The number of carbonyl (C=O) groups is 2. The van der Waals surface area contributed by atoms with Gasteiger partial charge in [0.25, 0.3) is 0 Å². The molecular weight excluding hydrogens is 324 g/mol. The average Bonchev–Trinajstić information content (AvgIpc) is 2.97. The Labute approximate surface area is 155 Å². The molecule has 2 aromatic rings. The molecule has 1 heterocycles. The van der Waals surface area contributed by atoms with Crippen LogP contribution in [0.2, 0.25) is 0 Å². The summed E-state index contributed by atoms with van der Waals surface area (Å²) in [6.07, 6.45) is 2.79. The zero-order valence-electron chi connectivity index (χ0n) is 15.3. The van der Waals surface area contributed by atoms with Gasteiger partial charge in [-0.1, -0.05) is 60.7 Å². The van der Waals surface area contributed by atoms with E-state index in [1.807, 2.05) is 55.5 Å². The van der Waals surface area contributed by atoms with Crippen LogP contribution in [0.5, 0.6) is 0 Å². The fraction of sp³-hybridized carbons (Fsp3) is 0.364. The van der Waals surface area contributed by atoms with Crippen molar-refractivity contribution in [3.8, 4) is 0 Å². The van der Waals surface area contributed by atoms with Gasteiger partial charge < -0.3 is 10.2 Å². The Kier molecular flexibility index (Phi) is 5.71. The lowest BCUT2D eigenvalue weighted by Crippen LogP contribution is -2.54. The van der Waals surface area contributed by atoms with E-state index in [4.69, 9.17) is 0 Å². The Bertz CT molecular complexity index is 745. The number of carbonyl (C=O) groups excluding carboxylic acids is 2. The minimum absolute atomic E-state index is 0.0630. The van der Waals surface area contributed by atoms with Gasteiger partial charge in [-0.3, -0.25) is 9.59 Å². The van der Waals surface area contributed by atoms with Gasteiger partial charge in [-0.15, -0.1) is 0 Å². The minimum atomic E-state index is -0.747. The van der Waals surface area contributed by atoms with Gasteiger partial charge in [-0.25, -0.2) is 0 Å². The second-order valence-electron chi connectivity index (χ2n) is 7.08. The lowest BCUT2D eigenvalue weighted by molar-refractivity contribution is -0.140. The molecule has 0 aromatic heterocycles. The van der Waals surface area contributed by atoms with E-state index in [0.29, 0.717) is 25.9 Å². The SMILES string of the molecule is CC1(C(=O)NCc2ccccc2)CCC(=O)N1CCCc1ccccc1. The molecule has 0 bridgehead atoms. The van der Waals surface area contributed by atoms with Crippen molar-refractivity contribution in [1.82, 2.24) is 10.2 Å². The number of nitrogens with zero attached hydrogens (tertiary/aromatic N) is 1. The maximum Gasteiger partial charge on any atom is 0.245 e. The lowest BCUT2D eigenvalue weighted by Gasteiger charge is -2.34. The summed E-state index contributed by atoms with van der Waals surface area (Å²) in [4.78, 5) is 27.0. The van der Waals surface area contributed by atoms with Crippen molar-refractivity contribution in [2.75, 3.05) is 6.54 Å². The quantitative estimate of drug-likeness (QED) is 0.833. The number of aryl methyl sites for hydroxylation is 1. The highest BCUT2D eigenvalue weighted by Gasteiger charge is 2.46. The Morgan fingerprint density at radius 2 is 1.65 bits per heavy atom. The molecule has 0 saturated carbocycles. The van der Waals surface area contributed by atoms with Crippen molar-refractivity contribution < 1.29 is 9.59 Å². The smallest absolute Gasteiger partial charge is 0.245 e. The summed E-state index contributed by atoms with van der Waals surface area (Å²) in [5, 5.41) is 3.01. The third-order valence-corrected chi connectivity index (χ3v) is 5.20. The van der Waals surface area contributed by atoms with Crippen molar-refractivity contribution >= 4 is 11.8 Å². The van der Waals surface area contributed by atoms with Crippen LogP contribution in [-0.2, 0) is 22.6 Å². The van der Waals surface area contributed by atoms with E-state index in [9.17, 15) is 9.59 Å². The third-order valence-electron chi connectivity index (χ3n) is 5.20. The largest absolute Gasteiger partial charge is 0.350 e. The molecule has 3 rings (SSSR count). The van der Waals surface area contributed by atoms with E-state index >= 15 is 0 Å². The second kappa shape index (κ2) is 8.17. The van der Waals surface area contributed by atoms with Crippen molar-refractivity contribution in [1.29, 1.82) is 0 Å². The normalized spacial score (nSPS) is 19.6. The van der Waals surface area contributed by atoms with Gasteiger partial charge in [0.1, 0.15) is 5.54 Å². The number of hydrogen-bond acceptors (Lipinski definition) is 2. The Morgan fingerprint density at radius 1 is 1.04 bits per heavy atom. The molecule has 0 aliphatic carbocycles. The van der Waals surface area contributed by atoms with Crippen LogP contribution in [0.3, 0.4) is 0 Å². The van der Waals surface area contributed by atoms with Crippen LogP contribution in [0.25, 0.3) is 0 Å². The summed E-state index contributed by atoms with van der Waals surface area (Å²) in [5.74, 6) is 0.0161. The Morgan fingerprint density at radius 3 is 2.31 bits per heavy atom. The Hall–Kier alpha value is -2.62. The molecule has 1 aliphatic rings. The maximum absolute atomic E-state index is 12.8. The van der Waals surface area contributed by atoms with Crippen LogP contribution in [0.1, 0.15) is 37.3 Å². The zero-order chi connectivity index (χ0) is 18.4. The number of nitrogens with one attached hydrogen (secondary N) is 1. The van der Waals surface area contributed by atoms with Crippen LogP contribution < -0.4 is 5.32 Å². The predicted octanol–water partition coefficient (Wildman–Crippen LogP) is 3.32. The number of rotatable bonds is 7. The fourth-order valence-corrected chi connectivity index (χ4v) is 3.56. The van der Waals surface area contributed by atoms with Crippen LogP contribution in [-0.4, -0.2) is 28.8 Å². The molecule has 1 atom stereocenters. The van der Waals surface area contributed by atoms with E-state index < -0.39 is 5.54 Å². The lowest BCUT2D eigenvalue weighted by atomic mass is 9.97. The molecule has 0 spiro atoms.